The normalized spacial score (nSPS) is 13.6. The highest BCUT2D eigenvalue weighted by molar-refractivity contribution is 7.26. The first-order valence-corrected chi connectivity index (χ1v) is 18.5. The van der Waals surface area contributed by atoms with E-state index >= 15 is 0 Å². The SMILES string of the molecule is c1ccc(N(c2ccc3c(c2)[Si]2(c4ccccc4Oc4ccccc42)c2ccccc2-3)c2ccc3sc4ccccc4c3c2)cc1. The molecule has 0 unspecified atom stereocenters. The second-order valence-corrected chi connectivity index (χ2v) is 16.8. The van der Waals surface area contributed by atoms with Crippen molar-refractivity contribution in [2.75, 3.05) is 4.90 Å². The summed E-state index contributed by atoms with van der Waals surface area (Å²) in [6.45, 7) is 0. The van der Waals surface area contributed by atoms with E-state index in [-0.39, 0.29) is 0 Å². The number of rotatable bonds is 3. The molecule has 8 aromatic rings. The van der Waals surface area contributed by atoms with Crippen LogP contribution in [0.5, 0.6) is 11.5 Å². The van der Waals surface area contributed by atoms with Gasteiger partial charge in [0.15, 0.2) is 8.07 Å². The molecule has 7 aromatic carbocycles. The summed E-state index contributed by atoms with van der Waals surface area (Å²) >= 11 is 1.86. The summed E-state index contributed by atoms with van der Waals surface area (Å²) < 4.78 is 9.23. The second kappa shape index (κ2) is 9.79. The molecule has 2 aliphatic heterocycles. The van der Waals surface area contributed by atoms with Gasteiger partial charge in [-0.05, 0) is 92.5 Å². The highest BCUT2D eigenvalue weighted by Crippen LogP contribution is 2.42. The van der Waals surface area contributed by atoms with Crippen LogP contribution >= 0.6 is 11.3 Å². The molecule has 0 saturated carbocycles. The maximum atomic E-state index is 6.60. The van der Waals surface area contributed by atoms with Gasteiger partial charge in [0.25, 0.3) is 0 Å². The zero-order valence-corrected chi connectivity index (χ0v) is 26.7. The van der Waals surface area contributed by atoms with Crippen LogP contribution in [0, 0.1) is 0 Å². The Morgan fingerprint density at radius 2 is 1.00 bits per heavy atom. The van der Waals surface area contributed by atoms with Gasteiger partial charge in [-0.1, -0.05) is 103 Å². The molecule has 0 bridgehead atoms. The van der Waals surface area contributed by atoms with E-state index in [4.69, 9.17) is 4.74 Å². The predicted molar refractivity (Wildman–Crippen MR) is 197 cm³/mol. The Labute approximate surface area is 272 Å². The molecule has 2 nitrogen and oxygen atoms in total. The average Bonchev–Trinajstić information content (AvgIpc) is 3.63. The Morgan fingerprint density at radius 3 is 1.80 bits per heavy atom. The lowest BCUT2D eigenvalue weighted by atomic mass is 10.0. The maximum Gasteiger partial charge on any atom is 0.189 e. The molecule has 0 N–H and O–H groups in total. The van der Waals surface area contributed by atoms with Crippen LogP contribution in [0.3, 0.4) is 0 Å². The van der Waals surface area contributed by atoms with E-state index in [1.165, 1.54) is 52.0 Å². The third-order valence-electron chi connectivity index (χ3n) is 9.72. The van der Waals surface area contributed by atoms with Crippen molar-refractivity contribution in [1.82, 2.24) is 0 Å². The summed E-state index contributed by atoms with van der Waals surface area (Å²) in [6, 6.07) is 60.1. The molecule has 0 radical (unpaired) electrons. The molecule has 10 rings (SSSR count). The van der Waals surface area contributed by atoms with Crippen molar-refractivity contribution in [2.24, 2.45) is 0 Å². The molecule has 1 aromatic heterocycles. The summed E-state index contributed by atoms with van der Waals surface area (Å²) in [4.78, 5) is 2.42. The van der Waals surface area contributed by atoms with Gasteiger partial charge in [0.05, 0.1) is 0 Å². The van der Waals surface area contributed by atoms with Crippen molar-refractivity contribution < 1.29 is 4.74 Å². The van der Waals surface area contributed by atoms with E-state index in [2.05, 4.69) is 169 Å². The quantitative estimate of drug-likeness (QED) is 0.183. The van der Waals surface area contributed by atoms with Crippen LogP contribution in [0.25, 0.3) is 31.3 Å². The molecule has 46 heavy (non-hydrogen) atoms. The molecule has 1 spiro atoms. The van der Waals surface area contributed by atoms with Crippen molar-refractivity contribution in [1.29, 1.82) is 0 Å². The van der Waals surface area contributed by atoms with Crippen molar-refractivity contribution in [3.63, 3.8) is 0 Å². The summed E-state index contributed by atoms with van der Waals surface area (Å²) in [6.07, 6.45) is 0. The summed E-state index contributed by atoms with van der Waals surface area (Å²) in [5.74, 6) is 1.94. The van der Waals surface area contributed by atoms with Crippen LogP contribution in [0.2, 0.25) is 0 Å². The number of benzene rings is 7. The molecular weight excluding hydrogens is 595 g/mol. The Balaban J connectivity index is 1.27. The lowest BCUT2D eigenvalue weighted by molar-refractivity contribution is 0.487. The molecule has 0 aliphatic carbocycles. The third-order valence-corrected chi connectivity index (χ3v) is 15.8. The standard InChI is InChI=1S/C42H27NOSSi/c1-2-12-28(13-3-1)43(29-23-25-38-34(26-29)31-14-4-8-18-37(31)45-38)30-22-24-33-32-15-5-9-19-39(32)46(42(33)27-30)40-20-10-6-16-35(40)44-36-17-7-11-21-41(36)46/h1-27H. The van der Waals surface area contributed by atoms with E-state index in [1.807, 2.05) is 11.3 Å². The molecule has 0 fully saturated rings. The zero-order valence-electron chi connectivity index (χ0n) is 24.9. The van der Waals surface area contributed by atoms with Gasteiger partial charge in [0.2, 0.25) is 0 Å². The molecule has 0 amide bonds. The van der Waals surface area contributed by atoms with Gasteiger partial charge in [-0.2, -0.15) is 0 Å². The number of para-hydroxylation sites is 3. The van der Waals surface area contributed by atoms with Crippen LogP contribution in [0.4, 0.5) is 17.1 Å². The Hall–Kier alpha value is -5.42. The first kappa shape index (κ1) is 25.9. The van der Waals surface area contributed by atoms with E-state index < -0.39 is 8.07 Å². The maximum absolute atomic E-state index is 6.60. The Bertz CT molecular complexity index is 2440. The molecule has 0 atom stereocenters. The van der Waals surface area contributed by atoms with Crippen molar-refractivity contribution in [3.8, 4) is 22.6 Å². The minimum absolute atomic E-state index is 0.968. The summed E-state index contributed by atoms with van der Waals surface area (Å²) in [5.41, 5.74) is 6.11. The minimum Gasteiger partial charge on any atom is -0.458 e. The third kappa shape index (κ3) is 3.51. The fourth-order valence-electron chi connectivity index (χ4n) is 7.86. The van der Waals surface area contributed by atoms with Gasteiger partial charge in [-0.3, -0.25) is 0 Å². The predicted octanol–water partition coefficient (Wildman–Crippen LogP) is 8.99. The first-order chi connectivity index (χ1) is 22.8. The monoisotopic (exact) mass is 621 g/mol. The van der Waals surface area contributed by atoms with Gasteiger partial charge in [0, 0.05) is 37.2 Å². The molecule has 2 aliphatic rings. The summed E-state index contributed by atoms with van der Waals surface area (Å²) in [5, 5.41) is 8.08. The largest absolute Gasteiger partial charge is 0.458 e. The van der Waals surface area contributed by atoms with Gasteiger partial charge < -0.3 is 9.64 Å². The number of anilines is 3. The van der Waals surface area contributed by atoms with Crippen LogP contribution in [-0.2, 0) is 0 Å². The number of ether oxygens (including phenoxy) is 1. The number of fused-ring (bicyclic) bond motifs is 12. The fraction of sp³-hybridized carbons (Fsp3) is 0. The van der Waals surface area contributed by atoms with Crippen molar-refractivity contribution in [3.05, 3.63) is 164 Å². The fourth-order valence-corrected chi connectivity index (χ4v) is 14.3. The lowest BCUT2D eigenvalue weighted by Gasteiger charge is -2.37. The average molecular weight is 622 g/mol. The lowest BCUT2D eigenvalue weighted by Crippen LogP contribution is -2.74. The summed E-state index contributed by atoms with van der Waals surface area (Å²) in [7, 11) is -2.70. The molecule has 0 saturated heterocycles. The minimum atomic E-state index is -2.70. The number of nitrogens with zero attached hydrogens (tertiary/aromatic N) is 1. The van der Waals surface area contributed by atoms with E-state index in [0.29, 0.717) is 0 Å². The van der Waals surface area contributed by atoms with E-state index in [0.717, 1.165) is 28.6 Å². The molecular formula is C42H27NOSSi. The number of thiophene rings is 1. The van der Waals surface area contributed by atoms with Crippen LogP contribution in [0.1, 0.15) is 0 Å². The van der Waals surface area contributed by atoms with Crippen molar-refractivity contribution >= 4 is 77.4 Å². The van der Waals surface area contributed by atoms with Gasteiger partial charge in [-0.25, -0.2) is 0 Å². The zero-order chi connectivity index (χ0) is 30.2. The van der Waals surface area contributed by atoms with Crippen molar-refractivity contribution in [2.45, 2.75) is 0 Å². The second-order valence-electron chi connectivity index (χ2n) is 12.1. The Kier molecular flexibility index (Phi) is 5.50. The van der Waals surface area contributed by atoms with Crippen LogP contribution in [0.15, 0.2) is 164 Å². The topological polar surface area (TPSA) is 12.5 Å². The number of hydrogen-bond acceptors (Lipinski definition) is 3. The molecule has 216 valence electrons. The van der Waals surface area contributed by atoms with Gasteiger partial charge in [0.1, 0.15) is 11.5 Å². The highest BCUT2D eigenvalue weighted by Gasteiger charge is 2.53. The first-order valence-electron chi connectivity index (χ1n) is 15.7. The van der Waals surface area contributed by atoms with Gasteiger partial charge in [-0.15, -0.1) is 11.3 Å². The van der Waals surface area contributed by atoms with Crippen LogP contribution in [-0.4, -0.2) is 8.07 Å². The smallest absolute Gasteiger partial charge is 0.189 e. The van der Waals surface area contributed by atoms with Crippen LogP contribution < -0.4 is 30.4 Å². The molecule has 4 heteroatoms. The Morgan fingerprint density at radius 1 is 0.413 bits per heavy atom. The van der Waals surface area contributed by atoms with E-state index in [1.54, 1.807) is 0 Å². The van der Waals surface area contributed by atoms with E-state index in [9.17, 15) is 0 Å². The van der Waals surface area contributed by atoms with Gasteiger partial charge >= 0.3 is 0 Å². The highest BCUT2D eigenvalue weighted by atomic mass is 32.1. The molecule has 3 heterocycles. The number of hydrogen-bond donors (Lipinski definition) is 0.